The van der Waals surface area contributed by atoms with Crippen molar-refractivity contribution in [2.75, 3.05) is 19.5 Å². The molecule has 1 aromatic rings. The van der Waals surface area contributed by atoms with Crippen LogP contribution in [0, 0.1) is 6.92 Å². The van der Waals surface area contributed by atoms with Gasteiger partial charge in [-0.25, -0.2) is 0 Å². The molecule has 5 heteroatoms. The number of oxime groups is 1. The highest BCUT2D eigenvalue weighted by molar-refractivity contribution is 7.99. The van der Waals surface area contributed by atoms with E-state index in [1.807, 2.05) is 25.1 Å². The van der Waals surface area contributed by atoms with Crippen LogP contribution in [0.2, 0.25) is 0 Å². The van der Waals surface area contributed by atoms with E-state index in [1.165, 1.54) is 0 Å². The van der Waals surface area contributed by atoms with Gasteiger partial charge in [-0.3, -0.25) is 0 Å². The monoisotopic (exact) mass is 254 g/mol. The molecule has 0 spiro atoms. The van der Waals surface area contributed by atoms with Gasteiger partial charge in [-0.2, -0.15) is 0 Å². The van der Waals surface area contributed by atoms with Crippen LogP contribution in [0.5, 0.6) is 0 Å². The van der Waals surface area contributed by atoms with Gasteiger partial charge in [0.25, 0.3) is 0 Å². The highest BCUT2D eigenvalue weighted by Crippen LogP contribution is 2.24. The fourth-order valence-corrected chi connectivity index (χ4v) is 2.37. The van der Waals surface area contributed by atoms with Crippen LogP contribution < -0.4 is 5.73 Å². The van der Waals surface area contributed by atoms with E-state index in [0.29, 0.717) is 0 Å². The first-order valence-corrected chi connectivity index (χ1v) is 6.38. The molecule has 0 amide bonds. The van der Waals surface area contributed by atoms with E-state index in [-0.39, 0.29) is 5.84 Å². The van der Waals surface area contributed by atoms with Crippen LogP contribution >= 0.6 is 11.8 Å². The third-order valence-electron chi connectivity index (χ3n) is 2.27. The van der Waals surface area contributed by atoms with Gasteiger partial charge in [0.2, 0.25) is 0 Å². The zero-order valence-electron chi connectivity index (χ0n) is 10.1. The molecule has 3 N–H and O–H groups in total. The Balaban J connectivity index is 2.76. The van der Waals surface area contributed by atoms with Gasteiger partial charge in [0.15, 0.2) is 5.84 Å². The van der Waals surface area contributed by atoms with Crippen molar-refractivity contribution in [2.24, 2.45) is 10.9 Å². The lowest BCUT2D eigenvalue weighted by molar-refractivity contribution is 0.200. The van der Waals surface area contributed by atoms with Gasteiger partial charge in [-0.15, -0.1) is 11.8 Å². The molecule has 0 fully saturated rings. The molecule has 0 saturated carbocycles. The minimum Gasteiger partial charge on any atom is -0.409 e. The van der Waals surface area contributed by atoms with Gasteiger partial charge in [0, 0.05) is 29.9 Å². The van der Waals surface area contributed by atoms with Crippen LogP contribution in [0.3, 0.4) is 0 Å². The zero-order chi connectivity index (χ0) is 12.7. The number of rotatable bonds is 6. The quantitative estimate of drug-likeness (QED) is 0.204. The number of benzene rings is 1. The maximum atomic E-state index is 8.75. The van der Waals surface area contributed by atoms with E-state index in [2.05, 4.69) is 5.16 Å². The molecule has 0 unspecified atom stereocenters. The predicted molar refractivity (Wildman–Crippen MR) is 70.9 cm³/mol. The van der Waals surface area contributed by atoms with Crippen LogP contribution in [0.4, 0.5) is 0 Å². The molecule has 0 bridgehead atoms. The van der Waals surface area contributed by atoms with Crippen molar-refractivity contribution in [3.05, 3.63) is 29.3 Å². The lowest BCUT2D eigenvalue weighted by Gasteiger charge is -2.08. The maximum Gasteiger partial charge on any atom is 0.171 e. The van der Waals surface area contributed by atoms with Crippen LogP contribution in [0.1, 0.15) is 17.5 Å². The Bertz CT molecular complexity index is 394. The van der Waals surface area contributed by atoms with Crippen molar-refractivity contribution in [1.82, 2.24) is 0 Å². The summed E-state index contributed by atoms with van der Waals surface area (Å²) in [5.41, 5.74) is 7.53. The Morgan fingerprint density at radius 1 is 1.53 bits per heavy atom. The summed E-state index contributed by atoms with van der Waals surface area (Å²) in [6, 6.07) is 5.95. The third kappa shape index (κ3) is 4.28. The second-order valence-corrected chi connectivity index (χ2v) is 4.82. The molecule has 0 heterocycles. The summed E-state index contributed by atoms with van der Waals surface area (Å²) in [6.07, 6.45) is 0.977. The Labute approximate surface area is 106 Å². The van der Waals surface area contributed by atoms with E-state index in [9.17, 15) is 0 Å². The summed E-state index contributed by atoms with van der Waals surface area (Å²) in [7, 11) is 1.69. The molecule has 1 aromatic carbocycles. The maximum absolute atomic E-state index is 8.75. The van der Waals surface area contributed by atoms with Crippen LogP contribution in [0.25, 0.3) is 0 Å². The number of thioether (sulfide) groups is 1. The van der Waals surface area contributed by atoms with Crippen molar-refractivity contribution in [3.8, 4) is 0 Å². The predicted octanol–water partition coefficient (Wildman–Crippen LogP) is 2.22. The van der Waals surface area contributed by atoms with E-state index in [1.54, 1.807) is 18.9 Å². The van der Waals surface area contributed by atoms with Crippen molar-refractivity contribution in [2.45, 2.75) is 18.2 Å². The summed E-state index contributed by atoms with van der Waals surface area (Å²) in [4.78, 5) is 1.03. The van der Waals surface area contributed by atoms with E-state index < -0.39 is 0 Å². The van der Waals surface area contributed by atoms with Gasteiger partial charge < -0.3 is 15.7 Å². The molecule has 4 nitrogen and oxygen atoms in total. The molecular formula is C12H18N2O2S. The zero-order valence-corrected chi connectivity index (χ0v) is 11.0. The molecule has 1 rings (SSSR count). The molecule has 0 saturated heterocycles. The van der Waals surface area contributed by atoms with Crippen molar-refractivity contribution >= 4 is 17.6 Å². The lowest BCUT2D eigenvalue weighted by Crippen LogP contribution is -2.14. The topological polar surface area (TPSA) is 67.8 Å². The first-order chi connectivity index (χ1) is 8.19. The van der Waals surface area contributed by atoms with Crippen LogP contribution in [-0.2, 0) is 4.74 Å². The van der Waals surface area contributed by atoms with Gasteiger partial charge in [0.05, 0.1) is 0 Å². The smallest absolute Gasteiger partial charge is 0.171 e. The molecule has 17 heavy (non-hydrogen) atoms. The number of nitrogens with two attached hydrogens (primary N) is 1. The Kier molecular flexibility index (Phi) is 5.86. The van der Waals surface area contributed by atoms with E-state index in [4.69, 9.17) is 15.7 Å². The Morgan fingerprint density at radius 3 is 2.94 bits per heavy atom. The third-order valence-corrected chi connectivity index (χ3v) is 3.43. The van der Waals surface area contributed by atoms with Gasteiger partial charge in [-0.1, -0.05) is 16.8 Å². The lowest BCUT2D eigenvalue weighted by atomic mass is 10.1. The number of amidine groups is 1. The first-order valence-electron chi connectivity index (χ1n) is 5.39. The molecule has 94 valence electrons. The number of nitrogens with zero attached hydrogens (tertiary/aromatic N) is 1. The number of aryl methyl sites for hydroxylation is 1. The van der Waals surface area contributed by atoms with Crippen LogP contribution in [0.15, 0.2) is 28.3 Å². The summed E-state index contributed by atoms with van der Waals surface area (Å²) in [6.45, 7) is 2.73. The molecule has 0 aliphatic heterocycles. The van der Waals surface area contributed by atoms with E-state index >= 15 is 0 Å². The van der Waals surface area contributed by atoms with Gasteiger partial charge >= 0.3 is 0 Å². The molecule has 0 aliphatic carbocycles. The van der Waals surface area contributed by atoms with Gasteiger partial charge in [-0.05, 0) is 25.5 Å². The van der Waals surface area contributed by atoms with Crippen LogP contribution in [-0.4, -0.2) is 30.5 Å². The highest BCUT2D eigenvalue weighted by atomic mass is 32.2. The normalized spacial score (nSPS) is 11.8. The summed E-state index contributed by atoms with van der Waals surface area (Å²) >= 11 is 1.69. The first kappa shape index (κ1) is 13.9. The minimum absolute atomic E-state index is 0.156. The number of ether oxygens (including phenoxy) is 1. The minimum atomic E-state index is 0.156. The fraction of sp³-hybridized carbons (Fsp3) is 0.417. The number of hydrogen-bond acceptors (Lipinski definition) is 4. The van der Waals surface area contributed by atoms with Crippen molar-refractivity contribution < 1.29 is 9.94 Å². The molecular weight excluding hydrogens is 236 g/mol. The second kappa shape index (κ2) is 7.19. The summed E-state index contributed by atoms with van der Waals surface area (Å²) in [5, 5.41) is 11.8. The molecule has 0 atom stereocenters. The average molecular weight is 254 g/mol. The fourth-order valence-electron chi connectivity index (χ4n) is 1.41. The van der Waals surface area contributed by atoms with Gasteiger partial charge in [0.1, 0.15) is 0 Å². The summed E-state index contributed by atoms with van der Waals surface area (Å²) < 4.78 is 5.00. The number of hydrogen-bond donors (Lipinski definition) is 2. The van der Waals surface area contributed by atoms with E-state index in [0.717, 1.165) is 34.8 Å². The largest absolute Gasteiger partial charge is 0.409 e. The second-order valence-electron chi connectivity index (χ2n) is 3.68. The average Bonchev–Trinajstić information content (AvgIpc) is 2.35. The van der Waals surface area contributed by atoms with Crippen molar-refractivity contribution in [1.29, 1.82) is 0 Å². The molecule has 0 radical (unpaired) electrons. The highest BCUT2D eigenvalue weighted by Gasteiger charge is 2.07. The molecule has 0 aliphatic rings. The standard InChI is InChI=1S/C12H18N2O2S/c1-9-4-5-11(17-7-3-6-16-2)10(8-9)12(13)14-15/h4-5,8,15H,3,6-7H2,1-2H3,(H2,13,14). The summed E-state index contributed by atoms with van der Waals surface area (Å²) in [5.74, 6) is 1.10. The molecule has 0 aromatic heterocycles. The SMILES string of the molecule is COCCCSc1ccc(C)cc1/C(N)=N/O. The Morgan fingerprint density at radius 2 is 2.29 bits per heavy atom. The van der Waals surface area contributed by atoms with Crippen molar-refractivity contribution in [3.63, 3.8) is 0 Å². The Hall–Kier alpha value is -1.20. The number of methoxy groups -OCH3 is 1.